The van der Waals surface area contributed by atoms with Gasteiger partial charge in [0.05, 0.1) is 17.4 Å². The van der Waals surface area contributed by atoms with Crippen LogP contribution in [0, 0.1) is 5.92 Å². The highest BCUT2D eigenvalue weighted by Crippen LogP contribution is 2.42. The second-order valence-corrected chi connectivity index (χ2v) is 8.95. The van der Waals surface area contributed by atoms with E-state index in [1.54, 1.807) is 12.4 Å². The number of likely N-dealkylation sites (tertiary alicyclic amines) is 1. The monoisotopic (exact) mass is 424 g/mol. The van der Waals surface area contributed by atoms with Crippen molar-refractivity contribution in [2.24, 2.45) is 5.92 Å². The molecule has 2 aliphatic heterocycles. The molecule has 160 valence electrons. The molecule has 4 aromatic rings. The standard InChI is InChI=1S/C26H24N4O2/c31-25-8-4-7-23-19-12-20(24(30(23)25)11-17-5-2-1-3-6-17)15-29(14-19)26(32)18-9-10-21-22(13-18)28-16-27-21/h1-10,13,16,19-20,24H,11-12,14-15H2,(H,27,28)/t19-,20+,24+/m1/s1. The predicted molar refractivity (Wildman–Crippen MR) is 123 cm³/mol. The van der Waals surface area contributed by atoms with E-state index in [9.17, 15) is 9.59 Å². The molecule has 0 saturated carbocycles. The van der Waals surface area contributed by atoms with Crippen molar-refractivity contribution in [3.63, 3.8) is 0 Å². The molecule has 1 amide bonds. The molecule has 2 aromatic heterocycles. The molecule has 0 spiro atoms. The number of carbonyl (C=O) groups is 1. The molecule has 1 fully saturated rings. The number of benzene rings is 2. The van der Waals surface area contributed by atoms with Crippen LogP contribution in [0.15, 0.2) is 77.9 Å². The van der Waals surface area contributed by atoms with Crippen LogP contribution in [-0.2, 0) is 6.42 Å². The van der Waals surface area contributed by atoms with E-state index in [1.807, 2.05) is 51.9 Å². The van der Waals surface area contributed by atoms with Crippen LogP contribution in [0.3, 0.4) is 0 Å². The number of rotatable bonds is 3. The smallest absolute Gasteiger partial charge is 0.253 e. The van der Waals surface area contributed by atoms with Crippen LogP contribution in [0.2, 0.25) is 0 Å². The maximum absolute atomic E-state index is 13.5. The van der Waals surface area contributed by atoms with E-state index in [1.165, 1.54) is 5.56 Å². The zero-order chi connectivity index (χ0) is 21.7. The van der Waals surface area contributed by atoms with Crippen molar-refractivity contribution < 1.29 is 4.79 Å². The highest BCUT2D eigenvalue weighted by Gasteiger charge is 2.41. The van der Waals surface area contributed by atoms with Crippen molar-refractivity contribution in [1.29, 1.82) is 0 Å². The van der Waals surface area contributed by atoms with Gasteiger partial charge in [0.15, 0.2) is 0 Å². The minimum atomic E-state index is 0.0430. The SMILES string of the molecule is O=C(c1ccc2nc[nH]c2c1)N1C[C@H]2C[C@@H](C1)[C@H](Cc1ccccc1)n1c2cccc1=O. The molecule has 2 aromatic carbocycles. The van der Waals surface area contributed by atoms with Gasteiger partial charge in [0, 0.05) is 42.4 Å². The number of imidazole rings is 1. The van der Waals surface area contributed by atoms with Crippen LogP contribution in [0.4, 0.5) is 0 Å². The molecule has 32 heavy (non-hydrogen) atoms. The predicted octanol–water partition coefficient (Wildman–Crippen LogP) is 3.77. The maximum atomic E-state index is 13.5. The van der Waals surface area contributed by atoms with E-state index in [4.69, 9.17) is 0 Å². The van der Waals surface area contributed by atoms with Crippen LogP contribution in [0.1, 0.15) is 40.0 Å². The van der Waals surface area contributed by atoms with Crippen LogP contribution in [0.25, 0.3) is 11.0 Å². The normalized spacial score (nSPS) is 22.0. The fourth-order valence-electron chi connectivity index (χ4n) is 5.58. The average Bonchev–Trinajstić information content (AvgIpc) is 3.30. The average molecular weight is 425 g/mol. The number of amides is 1. The molecule has 1 saturated heterocycles. The summed E-state index contributed by atoms with van der Waals surface area (Å²) in [6, 6.07) is 21.6. The van der Waals surface area contributed by atoms with Crippen molar-refractivity contribution in [3.05, 3.63) is 100 Å². The second kappa shape index (κ2) is 7.48. The summed E-state index contributed by atoms with van der Waals surface area (Å²) in [6.45, 7) is 1.30. The summed E-state index contributed by atoms with van der Waals surface area (Å²) in [6.07, 6.45) is 3.44. The maximum Gasteiger partial charge on any atom is 0.253 e. The van der Waals surface area contributed by atoms with Crippen molar-refractivity contribution in [1.82, 2.24) is 19.4 Å². The number of hydrogen-bond donors (Lipinski definition) is 1. The molecule has 0 radical (unpaired) electrons. The molecule has 2 bridgehead atoms. The van der Waals surface area contributed by atoms with E-state index in [2.05, 4.69) is 28.2 Å². The Morgan fingerprint density at radius 3 is 2.78 bits per heavy atom. The Labute approximate surface area is 185 Å². The largest absolute Gasteiger partial charge is 0.345 e. The highest BCUT2D eigenvalue weighted by atomic mass is 16.2. The molecule has 6 rings (SSSR count). The lowest BCUT2D eigenvalue weighted by Gasteiger charge is -2.47. The third-order valence-corrected chi connectivity index (χ3v) is 7.04. The zero-order valence-corrected chi connectivity index (χ0v) is 17.6. The van der Waals surface area contributed by atoms with Gasteiger partial charge in [-0.05, 0) is 48.6 Å². The van der Waals surface area contributed by atoms with Crippen molar-refractivity contribution >= 4 is 16.9 Å². The molecule has 6 heteroatoms. The molecule has 6 nitrogen and oxygen atoms in total. The van der Waals surface area contributed by atoms with Gasteiger partial charge < -0.3 is 14.5 Å². The number of nitrogens with zero attached hydrogens (tertiary/aromatic N) is 3. The third kappa shape index (κ3) is 3.14. The van der Waals surface area contributed by atoms with Crippen LogP contribution in [-0.4, -0.2) is 38.4 Å². The molecule has 3 atom stereocenters. The van der Waals surface area contributed by atoms with E-state index < -0.39 is 0 Å². The number of hydrogen-bond acceptors (Lipinski definition) is 3. The number of fused-ring (bicyclic) bond motifs is 5. The fourth-order valence-corrected chi connectivity index (χ4v) is 5.58. The van der Waals surface area contributed by atoms with Crippen molar-refractivity contribution in [2.75, 3.05) is 13.1 Å². The lowest BCUT2D eigenvalue weighted by atomic mass is 9.76. The Morgan fingerprint density at radius 2 is 1.91 bits per heavy atom. The van der Waals surface area contributed by atoms with E-state index in [0.717, 1.165) is 29.6 Å². The highest BCUT2D eigenvalue weighted by molar-refractivity contribution is 5.97. The number of nitrogens with one attached hydrogen (secondary N) is 1. The van der Waals surface area contributed by atoms with Gasteiger partial charge >= 0.3 is 0 Å². The van der Waals surface area contributed by atoms with Gasteiger partial charge in [-0.1, -0.05) is 36.4 Å². The lowest BCUT2D eigenvalue weighted by Crippen LogP contribution is -2.51. The Kier molecular flexibility index (Phi) is 4.45. The first-order chi connectivity index (χ1) is 15.7. The Morgan fingerprint density at radius 1 is 1.03 bits per heavy atom. The summed E-state index contributed by atoms with van der Waals surface area (Å²) in [5.74, 6) is 0.456. The van der Waals surface area contributed by atoms with Gasteiger partial charge in [-0.3, -0.25) is 9.59 Å². The second-order valence-electron chi connectivity index (χ2n) is 8.95. The summed E-state index contributed by atoms with van der Waals surface area (Å²) in [5.41, 5.74) is 4.72. The number of aromatic amines is 1. The number of aromatic nitrogens is 3. The van der Waals surface area contributed by atoms with Gasteiger partial charge in [-0.2, -0.15) is 0 Å². The summed E-state index contributed by atoms with van der Waals surface area (Å²) in [5, 5.41) is 0. The number of piperidine rings is 1. The topological polar surface area (TPSA) is 71.0 Å². The first kappa shape index (κ1) is 19.0. The first-order valence-electron chi connectivity index (χ1n) is 11.1. The zero-order valence-electron chi connectivity index (χ0n) is 17.6. The third-order valence-electron chi connectivity index (χ3n) is 7.04. The Hall–Kier alpha value is -3.67. The molecular formula is C26H24N4O2. The minimum absolute atomic E-state index is 0.0430. The van der Waals surface area contributed by atoms with Crippen LogP contribution < -0.4 is 5.56 Å². The first-order valence-corrected chi connectivity index (χ1v) is 11.1. The lowest BCUT2D eigenvalue weighted by molar-refractivity contribution is 0.0529. The summed E-state index contributed by atoms with van der Waals surface area (Å²) < 4.78 is 2.00. The summed E-state index contributed by atoms with van der Waals surface area (Å²) >= 11 is 0. The van der Waals surface area contributed by atoms with Crippen molar-refractivity contribution in [2.45, 2.75) is 24.8 Å². The van der Waals surface area contributed by atoms with Crippen LogP contribution in [0.5, 0.6) is 0 Å². The number of carbonyl (C=O) groups excluding carboxylic acids is 1. The number of pyridine rings is 1. The van der Waals surface area contributed by atoms with E-state index in [-0.39, 0.29) is 29.3 Å². The van der Waals surface area contributed by atoms with E-state index in [0.29, 0.717) is 18.7 Å². The summed E-state index contributed by atoms with van der Waals surface area (Å²) in [7, 11) is 0. The van der Waals surface area contributed by atoms with Gasteiger partial charge in [0.2, 0.25) is 0 Å². The molecular weight excluding hydrogens is 400 g/mol. The molecule has 4 heterocycles. The summed E-state index contributed by atoms with van der Waals surface area (Å²) in [4.78, 5) is 35.7. The van der Waals surface area contributed by atoms with Crippen LogP contribution >= 0.6 is 0 Å². The molecule has 1 N–H and O–H groups in total. The molecule has 0 unspecified atom stereocenters. The van der Waals surface area contributed by atoms with Gasteiger partial charge in [0.25, 0.3) is 11.5 Å². The Balaban J connectivity index is 1.36. The van der Waals surface area contributed by atoms with Crippen molar-refractivity contribution in [3.8, 4) is 0 Å². The minimum Gasteiger partial charge on any atom is -0.345 e. The molecule has 2 aliphatic rings. The fraction of sp³-hybridized carbons (Fsp3) is 0.269. The van der Waals surface area contributed by atoms with Gasteiger partial charge in [-0.25, -0.2) is 4.98 Å². The Bertz CT molecular complexity index is 1360. The quantitative estimate of drug-likeness (QED) is 0.544. The molecule has 0 aliphatic carbocycles. The van der Waals surface area contributed by atoms with E-state index >= 15 is 0 Å². The number of H-pyrrole nitrogens is 1. The van der Waals surface area contributed by atoms with Gasteiger partial charge in [-0.15, -0.1) is 0 Å². The van der Waals surface area contributed by atoms with Gasteiger partial charge in [0.1, 0.15) is 0 Å².